The number of aromatic nitrogens is 1. The van der Waals surface area contributed by atoms with Gasteiger partial charge in [-0.25, -0.2) is 0 Å². The van der Waals surface area contributed by atoms with Crippen LogP contribution in [-0.4, -0.2) is 46.6 Å². The van der Waals surface area contributed by atoms with E-state index in [2.05, 4.69) is 15.2 Å². The number of amides is 1. The first-order valence-corrected chi connectivity index (χ1v) is 9.40. The van der Waals surface area contributed by atoms with Crippen molar-refractivity contribution >= 4 is 11.6 Å². The van der Waals surface area contributed by atoms with Gasteiger partial charge in [0.15, 0.2) is 0 Å². The van der Waals surface area contributed by atoms with Crippen molar-refractivity contribution in [2.75, 3.05) is 19.0 Å². The van der Waals surface area contributed by atoms with Crippen molar-refractivity contribution < 1.29 is 14.6 Å². The predicted octanol–water partition coefficient (Wildman–Crippen LogP) is 2.54. The maximum Gasteiger partial charge on any atom is 0.238 e. The molecule has 142 valence electrons. The highest BCUT2D eigenvalue weighted by atomic mass is 16.5. The normalized spacial score (nSPS) is 27.3. The molecular formula is C21H25N3O3. The highest BCUT2D eigenvalue weighted by molar-refractivity contribution is 5.92. The Labute approximate surface area is 159 Å². The molecule has 6 nitrogen and oxygen atoms in total. The fraction of sp³-hybridized carbons (Fsp3) is 0.429. The largest absolute Gasteiger partial charge is 0.497 e. The smallest absolute Gasteiger partial charge is 0.238 e. The molecule has 0 unspecified atom stereocenters. The lowest BCUT2D eigenvalue weighted by Crippen LogP contribution is -2.51. The van der Waals surface area contributed by atoms with Crippen molar-refractivity contribution in [3.63, 3.8) is 0 Å². The van der Waals surface area contributed by atoms with Crippen LogP contribution in [-0.2, 0) is 10.4 Å². The molecule has 6 heteroatoms. The molecule has 2 saturated heterocycles. The number of rotatable bonds is 5. The van der Waals surface area contributed by atoms with Crippen LogP contribution in [0.2, 0.25) is 0 Å². The lowest BCUT2D eigenvalue weighted by Gasteiger charge is -2.43. The molecule has 1 aromatic heterocycles. The number of fused-ring (bicyclic) bond motifs is 2. The van der Waals surface area contributed by atoms with E-state index in [1.54, 1.807) is 19.5 Å². The summed E-state index contributed by atoms with van der Waals surface area (Å²) in [6.45, 7) is 0.352. The Hall–Kier alpha value is -2.44. The first kappa shape index (κ1) is 17.9. The third-order valence-electron chi connectivity index (χ3n) is 5.82. The molecule has 2 fully saturated rings. The molecule has 3 heterocycles. The van der Waals surface area contributed by atoms with Crippen molar-refractivity contribution in [2.45, 2.75) is 43.4 Å². The van der Waals surface area contributed by atoms with Crippen molar-refractivity contribution in [1.82, 2.24) is 9.88 Å². The number of hydrogen-bond donors (Lipinski definition) is 2. The van der Waals surface area contributed by atoms with Crippen molar-refractivity contribution in [1.29, 1.82) is 0 Å². The fourth-order valence-corrected chi connectivity index (χ4v) is 4.49. The zero-order valence-corrected chi connectivity index (χ0v) is 15.5. The predicted molar refractivity (Wildman–Crippen MR) is 103 cm³/mol. The van der Waals surface area contributed by atoms with Crippen LogP contribution in [0.15, 0.2) is 48.8 Å². The number of nitrogens with zero attached hydrogens (tertiary/aromatic N) is 2. The molecule has 1 amide bonds. The Morgan fingerprint density at radius 2 is 1.96 bits per heavy atom. The Balaban J connectivity index is 1.40. The second-order valence-electron chi connectivity index (χ2n) is 7.52. The number of ether oxygens (including phenoxy) is 1. The summed E-state index contributed by atoms with van der Waals surface area (Å²) in [7, 11) is 1.62. The highest BCUT2D eigenvalue weighted by Gasteiger charge is 2.48. The average molecular weight is 367 g/mol. The van der Waals surface area contributed by atoms with E-state index in [4.69, 9.17) is 4.74 Å². The van der Waals surface area contributed by atoms with Crippen LogP contribution in [0.5, 0.6) is 5.75 Å². The van der Waals surface area contributed by atoms with Crippen LogP contribution < -0.4 is 10.1 Å². The number of nitrogens with one attached hydrogen (secondary N) is 1. The quantitative estimate of drug-likeness (QED) is 0.850. The second-order valence-corrected chi connectivity index (χ2v) is 7.52. The van der Waals surface area contributed by atoms with Gasteiger partial charge in [0.1, 0.15) is 5.75 Å². The van der Waals surface area contributed by atoms with Gasteiger partial charge in [-0.1, -0.05) is 6.07 Å². The van der Waals surface area contributed by atoms with E-state index in [1.165, 1.54) is 0 Å². The summed E-state index contributed by atoms with van der Waals surface area (Å²) < 4.78 is 5.14. The molecule has 0 aliphatic carbocycles. The van der Waals surface area contributed by atoms with Crippen molar-refractivity contribution in [3.8, 4) is 5.75 Å². The number of anilines is 1. The Bertz CT molecular complexity index is 780. The van der Waals surface area contributed by atoms with Crippen LogP contribution in [0.1, 0.15) is 31.2 Å². The Morgan fingerprint density at radius 3 is 2.56 bits per heavy atom. The van der Waals surface area contributed by atoms with Gasteiger partial charge in [0.25, 0.3) is 0 Å². The second kappa shape index (κ2) is 7.29. The van der Waals surface area contributed by atoms with Gasteiger partial charge in [-0.2, -0.15) is 0 Å². The number of aliphatic hydroxyl groups is 1. The van der Waals surface area contributed by atoms with Gasteiger partial charge >= 0.3 is 0 Å². The number of benzene rings is 1. The van der Waals surface area contributed by atoms with Crippen LogP contribution >= 0.6 is 0 Å². The molecule has 0 radical (unpaired) electrons. The Morgan fingerprint density at radius 1 is 1.26 bits per heavy atom. The minimum Gasteiger partial charge on any atom is -0.497 e. The summed E-state index contributed by atoms with van der Waals surface area (Å²) >= 11 is 0. The molecular weight excluding hydrogens is 342 g/mol. The molecule has 0 spiro atoms. The van der Waals surface area contributed by atoms with E-state index >= 15 is 0 Å². The monoisotopic (exact) mass is 367 g/mol. The topological polar surface area (TPSA) is 74.7 Å². The number of methoxy groups -OCH3 is 1. The van der Waals surface area contributed by atoms with E-state index in [1.807, 2.05) is 36.4 Å². The van der Waals surface area contributed by atoms with Gasteiger partial charge in [0.05, 0.1) is 19.3 Å². The van der Waals surface area contributed by atoms with Gasteiger partial charge in [0.2, 0.25) is 5.91 Å². The number of carbonyl (C=O) groups excluding carboxylic acids is 1. The zero-order valence-electron chi connectivity index (χ0n) is 15.5. The summed E-state index contributed by atoms with van der Waals surface area (Å²) in [4.78, 5) is 18.9. The number of pyridine rings is 1. The minimum atomic E-state index is -0.844. The van der Waals surface area contributed by atoms with Gasteiger partial charge in [-0.15, -0.1) is 0 Å². The van der Waals surface area contributed by atoms with Crippen LogP contribution in [0.3, 0.4) is 0 Å². The lowest BCUT2D eigenvalue weighted by molar-refractivity contribution is -0.121. The molecule has 1 aromatic carbocycles. The minimum absolute atomic E-state index is 0.0242. The average Bonchev–Trinajstić information content (AvgIpc) is 2.93. The number of hydrogen-bond acceptors (Lipinski definition) is 5. The van der Waals surface area contributed by atoms with Crippen LogP contribution in [0.25, 0.3) is 0 Å². The summed E-state index contributed by atoms with van der Waals surface area (Å²) in [6, 6.07) is 11.6. The Kier molecular flexibility index (Phi) is 4.85. The fourth-order valence-electron chi connectivity index (χ4n) is 4.49. The summed E-state index contributed by atoms with van der Waals surface area (Å²) in [5.74, 6) is 0.737. The molecule has 0 saturated carbocycles. The summed E-state index contributed by atoms with van der Waals surface area (Å²) in [5, 5.41) is 14.1. The standard InChI is InChI=1S/C21H25N3O3/c1-27-19-8-4-16(5-9-19)23-20(25)14-24-17-6-7-18(24)12-21(26,11-17)15-3-2-10-22-13-15/h2-5,8-10,13,17-18,26H,6-7,11-12,14H2,1H3,(H,23,25)/t17-,18-/m1/s1. The summed E-state index contributed by atoms with van der Waals surface area (Å²) in [5.41, 5.74) is 0.796. The first-order valence-electron chi connectivity index (χ1n) is 9.40. The first-order chi connectivity index (χ1) is 13.1. The SMILES string of the molecule is COc1ccc(NC(=O)CN2[C@@H]3CC[C@@H]2CC(O)(c2cccnc2)C3)cc1. The third-order valence-corrected chi connectivity index (χ3v) is 5.82. The summed E-state index contributed by atoms with van der Waals surface area (Å²) in [6.07, 6.45) is 6.80. The van der Waals surface area contributed by atoms with Crippen molar-refractivity contribution in [3.05, 3.63) is 54.4 Å². The molecule has 27 heavy (non-hydrogen) atoms. The maximum atomic E-state index is 12.5. The number of carbonyl (C=O) groups is 1. The highest BCUT2D eigenvalue weighted by Crippen LogP contribution is 2.45. The van der Waals surface area contributed by atoms with E-state index in [9.17, 15) is 9.90 Å². The maximum absolute atomic E-state index is 12.5. The van der Waals surface area contributed by atoms with E-state index in [0.717, 1.165) is 29.8 Å². The van der Waals surface area contributed by atoms with Crippen LogP contribution in [0.4, 0.5) is 5.69 Å². The van der Waals surface area contributed by atoms with Gasteiger partial charge < -0.3 is 15.2 Å². The van der Waals surface area contributed by atoms with E-state index in [0.29, 0.717) is 19.4 Å². The third kappa shape index (κ3) is 3.68. The van der Waals surface area contributed by atoms with E-state index in [-0.39, 0.29) is 18.0 Å². The molecule has 4 rings (SSSR count). The lowest BCUT2D eigenvalue weighted by atomic mass is 9.81. The van der Waals surface area contributed by atoms with Gasteiger partial charge in [0, 0.05) is 35.7 Å². The molecule has 2 aliphatic heterocycles. The molecule has 2 aliphatic rings. The van der Waals surface area contributed by atoms with Gasteiger partial charge in [-0.05, 0) is 56.0 Å². The molecule has 2 N–H and O–H groups in total. The van der Waals surface area contributed by atoms with E-state index < -0.39 is 5.60 Å². The number of piperidine rings is 1. The molecule has 2 atom stereocenters. The van der Waals surface area contributed by atoms with Crippen LogP contribution in [0, 0.1) is 0 Å². The molecule has 2 bridgehead atoms. The van der Waals surface area contributed by atoms with Gasteiger partial charge in [-0.3, -0.25) is 14.7 Å². The molecule has 2 aromatic rings. The van der Waals surface area contributed by atoms with Crippen molar-refractivity contribution in [2.24, 2.45) is 0 Å². The zero-order chi connectivity index (χ0) is 18.9.